The molecule has 27 heavy (non-hydrogen) atoms. The van der Waals surface area contributed by atoms with Crippen molar-refractivity contribution in [2.24, 2.45) is 0 Å². The maximum atomic E-state index is 8.94. The summed E-state index contributed by atoms with van der Waals surface area (Å²) in [6.45, 7) is 3.59. The number of piperidine rings is 1. The molecule has 2 aliphatic heterocycles. The van der Waals surface area contributed by atoms with Crippen LogP contribution in [-0.4, -0.2) is 48.7 Å². The standard InChI is InChI=1S/C21H25N5O/c1-25(2)20-23-14-18-7-12-27-21(19(18)24-20)8-10-26(11-9-21)15-17-5-3-16(13-22)4-6-17/h3-6,14H,7-12,15H2,1-2H3. The van der Waals surface area contributed by atoms with Gasteiger partial charge in [-0.05, 0) is 42.5 Å². The molecule has 0 N–H and O–H groups in total. The Bertz CT molecular complexity index is 848. The molecule has 0 unspecified atom stereocenters. The second-order valence-corrected chi connectivity index (χ2v) is 7.62. The van der Waals surface area contributed by atoms with Crippen molar-refractivity contribution in [1.29, 1.82) is 5.26 Å². The van der Waals surface area contributed by atoms with Crippen molar-refractivity contribution in [2.45, 2.75) is 31.4 Å². The molecule has 1 spiro atoms. The zero-order valence-corrected chi connectivity index (χ0v) is 16.0. The predicted molar refractivity (Wildman–Crippen MR) is 103 cm³/mol. The topological polar surface area (TPSA) is 65.3 Å². The number of rotatable bonds is 3. The molecule has 1 saturated heterocycles. The van der Waals surface area contributed by atoms with Crippen LogP contribution in [0.25, 0.3) is 0 Å². The number of ether oxygens (including phenoxy) is 1. The fraction of sp³-hybridized carbons (Fsp3) is 0.476. The van der Waals surface area contributed by atoms with Crippen molar-refractivity contribution >= 4 is 5.95 Å². The lowest BCUT2D eigenvalue weighted by atomic mass is 9.83. The second-order valence-electron chi connectivity index (χ2n) is 7.62. The van der Waals surface area contributed by atoms with Gasteiger partial charge in [-0.15, -0.1) is 0 Å². The van der Waals surface area contributed by atoms with Crippen LogP contribution in [-0.2, 0) is 23.3 Å². The van der Waals surface area contributed by atoms with E-state index in [2.05, 4.69) is 16.0 Å². The maximum Gasteiger partial charge on any atom is 0.225 e. The van der Waals surface area contributed by atoms with E-state index in [9.17, 15) is 0 Å². The summed E-state index contributed by atoms with van der Waals surface area (Å²) in [6.07, 6.45) is 4.76. The van der Waals surface area contributed by atoms with Crippen molar-refractivity contribution in [3.05, 3.63) is 52.8 Å². The second kappa shape index (κ2) is 7.26. The van der Waals surface area contributed by atoms with Gasteiger partial charge in [-0.1, -0.05) is 12.1 Å². The van der Waals surface area contributed by atoms with Gasteiger partial charge in [-0.3, -0.25) is 4.90 Å². The minimum atomic E-state index is -0.275. The van der Waals surface area contributed by atoms with Crippen LogP contribution in [0.2, 0.25) is 0 Å². The summed E-state index contributed by atoms with van der Waals surface area (Å²) in [6, 6.07) is 10.0. The first-order valence-electron chi connectivity index (χ1n) is 9.49. The van der Waals surface area contributed by atoms with E-state index in [-0.39, 0.29) is 5.60 Å². The molecule has 4 rings (SSSR count). The summed E-state index contributed by atoms with van der Waals surface area (Å²) in [4.78, 5) is 13.7. The van der Waals surface area contributed by atoms with Crippen LogP contribution in [0.15, 0.2) is 30.5 Å². The van der Waals surface area contributed by atoms with Crippen molar-refractivity contribution in [1.82, 2.24) is 14.9 Å². The average Bonchev–Trinajstić information content (AvgIpc) is 2.70. The molecule has 2 aromatic rings. The first kappa shape index (κ1) is 17.9. The molecule has 0 amide bonds. The molecule has 0 radical (unpaired) electrons. The van der Waals surface area contributed by atoms with E-state index in [4.69, 9.17) is 15.0 Å². The summed E-state index contributed by atoms with van der Waals surface area (Å²) in [5.41, 5.74) is 3.99. The SMILES string of the molecule is CN(C)c1ncc2c(n1)C1(CCN(Cc3ccc(C#N)cc3)CC1)OCC2. The molecule has 6 heteroatoms. The summed E-state index contributed by atoms with van der Waals surface area (Å²) < 4.78 is 6.32. The quantitative estimate of drug-likeness (QED) is 0.835. The Labute approximate surface area is 160 Å². The molecular formula is C21H25N5O. The Balaban J connectivity index is 1.48. The summed E-state index contributed by atoms with van der Waals surface area (Å²) in [5.74, 6) is 0.749. The molecule has 0 aliphatic carbocycles. The van der Waals surface area contributed by atoms with Gasteiger partial charge in [0.05, 0.1) is 23.9 Å². The van der Waals surface area contributed by atoms with E-state index in [1.165, 1.54) is 11.1 Å². The van der Waals surface area contributed by atoms with Gasteiger partial charge in [0.2, 0.25) is 5.95 Å². The van der Waals surface area contributed by atoms with Crippen molar-refractivity contribution < 1.29 is 4.74 Å². The zero-order valence-electron chi connectivity index (χ0n) is 16.0. The lowest BCUT2D eigenvalue weighted by molar-refractivity contribution is -0.102. The Kier molecular flexibility index (Phi) is 4.81. The van der Waals surface area contributed by atoms with E-state index in [0.717, 1.165) is 57.1 Å². The largest absolute Gasteiger partial charge is 0.368 e. The highest BCUT2D eigenvalue weighted by Crippen LogP contribution is 2.41. The third-order valence-electron chi connectivity index (χ3n) is 5.59. The highest BCUT2D eigenvalue weighted by molar-refractivity contribution is 5.36. The van der Waals surface area contributed by atoms with E-state index in [0.29, 0.717) is 5.56 Å². The summed E-state index contributed by atoms with van der Waals surface area (Å²) in [5, 5.41) is 8.94. The maximum absolute atomic E-state index is 8.94. The number of likely N-dealkylation sites (tertiary alicyclic amines) is 1. The van der Waals surface area contributed by atoms with Crippen LogP contribution in [0.3, 0.4) is 0 Å². The number of benzene rings is 1. The monoisotopic (exact) mass is 363 g/mol. The number of nitrogens with zero attached hydrogens (tertiary/aromatic N) is 5. The van der Waals surface area contributed by atoms with Crippen LogP contribution in [0, 0.1) is 11.3 Å². The summed E-state index contributed by atoms with van der Waals surface area (Å²) >= 11 is 0. The average molecular weight is 363 g/mol. The number of aromatic nitrogens is 2. The zero-order chi connectivity index (χ0) is 18.9. The first-order chi connectivity index (χ1) is 13.1. The third-order valence-corrected chi connectivity index (χ3v) is 5.59. The van der Waals surface area contributed by atoms with Gasteiger partial charge in [0.15, 0.2) is 0 Å². The molecule has 3 heterocycles. The number of hydrogen-bond acceptors (Lipinski definition) is 6. The Morgan fingerprint density at radius 1 is 1.22 bits per heavy atom. The van der Waals surface area contributed by atoms with Crippen LogP contribution >= 0.6 is 0 Å². The van der Waals surface area contributed by atoms with Gasteiger partial charge in [0, 0.05) is 39.9 Å². The predicted octanol–water partition coefficient (Wildman–Crippen LogP) is 2.48. The Hall–Kier alpha value is -2.49. The Morgan fingerprint density at radius 2 is 1.96 bits per heavy atom. The highest BCUT2D eigenvalue weighted by atomic mass is 16.5. The van der Waals surface area contributed by atoms with Crippen LogP contribution < -0.4 is 4.90 Å². The molecule has 0 bridgehead atoms. The number of nitriles is 1. The van der Waals surface area contributed by atoms with Crippen molar-refractivity contribution in [2.75, 3.05) is 38.7 Å². The number of anilines is 1. The van der Waals surface area contributed by atoms with Gasteiger partial charge in [0.25, 0.3) is 0 Å². The molecule has 1 aromatic heterocycles. The minimum absolute atomic E-state index is 0.275. The molecule has 6 nitrogen and oxygen atoms in total. The van der Waals surface area contributed by atoms with E-state index in [1.54, 1.807) is 0 Å². The molecule has 0 atom stereocenters. The van der Waals surface area contributed by atoms with Gasteiger partial charge in [-0.25, -0.2) is 9.97 Å². The molecule has 1 fully saturated rings. The molecule has 0 saturated carbocycles. The van der Waals surface area contributed by atoms with E-state index in [1.807, 2.05) is 49.5 Å². The fourth-order valence-electron chi connectivity index (χ4n) is 4.01. The van der Waals surface area contributed by atoms with E-state index < -0.39 is 0 Å². The fourth-order valence-corrected chi connectivity index (χ4v) is 4.01. The smallest absolute Gasteiger partial charge is 0.225 e. The van der Waals surface area contributed by atoms with Gasteiger partial charge < -0.3 is 9.64 Å². The number of hydrogen-bond donors (Lipinski definition) is 0. The van der Waals surface area contributed by atoms with Crippen LogP contribution in [0.1, 0.15) is 35.2 Å². The van der Waals surface area contributed by atoms with Gasteiger partial charge in [-0.2, -0.15) is 5.26 Å². The molecule has 140 valence electrons. The van der Waals surface area contributed by atoms with Crippen molar-refractivity contribution in [3.63, 3.8) is 0 Å². The molecular weight excluding hydrogens is 338 g/mol. The van der Waals surface area contributed by atoms with Gasteiger partial charge in [0.1, 0.15) is 5.60 Å². The lowest BCUT2D eigenvalue weighted by Gasteiger charge is -2.44. The van der Waals surface area contributed by atoms with Gasteiger partial charge >= 0.3 is 0 Å². The molecule has 2 aliphatic rings. The third kappa shape index (κ3) is 3.53. The van der Waals surface area contributed by atoms with Crippen molar-refractivity contribution in [3.8, 4) is 6.07 Å². The minimum Gasteiger partial charge on any atom is -0.368 e. The number of fused-ring (bicyclic) bond motifs is 2. The Morgan fingerprint density at radius 3 is 2.63 bits per heavy atom. The van der Waals surface area contributed by atoms with Crippen LogP contribution in [0.5, 0.6) is 0 Å². The van der Waals surface area contributed by atoms with Crippen LogP contribution in [0.4, 0.5) is 5.95 Å². The molecule has 1 aromatic carbocycles. The highest BCUT2D eigenvalue weighted by Gasteiger charge is 2.42. The summed E-state index contributed by atoms with van der Waals surface area (Å²) in [7, 11) is 3.94. The van der Waals surface area contributed by atoms with E-state index >= 15 is 0 Å². The normalized spacial score (nSPS) is 18.7. The lowest BCUT2D eigenvalue weighted by Crippen LogP contribution is -2.47. The first-order valence-corrected chi connectivity index (χ1v) is 9.49.